The first kappa shape index (κ1) is 13.7. The third-order valence-electron chi connectivity index (χ3n) is 2.63. The number of hydrogen-bond acceptors (Lipinski definition) is 3. The Morgan fingerprint density at radius 1 is 1.20 bits per heavy atom. The van der Waals surface area contributed by atoms with Crippen LogP contribution in [0.25, 0.3) is 0 Å². The maximum atomic E-state index is 13.4. The molecule has 5 heteroatoms. The molecule has 0 radical (unpaired) electrons. The van der Waals surface area contributed by atoms with Gasteiger partial charge < -0.3 is 10.6 Å². The van der Waals surface area contributed by atoms with Crippen molar-refractivity contribution in [3.63, 3.8) is 0 Å². The van der Waals surface area contributed by atoms with Gasteiger partial charge in [0.15, 0.2) is 5.84 Å². The van der Waals surface area contributed by atoms with Gasteiger partial charge in [-0.05, 0) is 25.1 Å². The van der Waals surface area contributed by atoms with Gasteiger partial charge in [0.2, 0.25) is 0 Å². The van der Waals surface area contributed by atoms with Crippen molar-refractivity contribution < 1.29 is 14.0 Å². The van der Waals surface area contributed by atoms with Crippen molar-refractivity contribution in [2.24, 2.45) is 10.9 Å². The number of hydrogen-bond donors (Lipinski definition) is 1. The first-order valence-electron chi connectivity index (χ1n) is 5.94. The van der Waals surface area contributed by atoms with Gasteiger partial charge in [-0.2, -0.15) is 0 Å². The van der Waals surface area contributed by atoms with Crippen molar-refractivity contribution in [3.8, 4) is 0 Å². The molecule has 2 aromatic carbocycles. The molecule has 0 aliphatic heterocycles. The summed E-state index contributed by atoms with van der Waals surface area (Å²) < 4.78 is 13.4. The average Bonchev–Trinajstić information content (AvgIpc) is 2.45. The first-order valence-corrected chi connectivity index (χ1v) is 5.94. The lowest BCUT2D eigenvalue weighted by molar-refractivity contribution is 0.0510. The second-order valence-corrected chi connectivity index (χ2v) is 4.20. The number of aryl methyl sites for hydroxylation is 1. The Hall–Kier alpha value is -2.69. The summed E-state index contributed by atoms with van der Waals surface area (Å²) in [7, 11) is 0. The average molecular weight is 272 g/mol. The minimum Gasteiger partial charge on any atom is -0.380 e. The number of oxime groups is 1. The van der Waals surface area contributed by atoms with E-state index in [-0.39, 0.29) is 11.4 Å². The summed E-state index contributed by atoms with van der Waals surface area (Å²) in [4.78, 5) is 16.3. The number of nitrogens with zero attached hydrogens (tertiary/aromatic N) is 1. The van der Waals surface area contributed by atoms with Gasteiger partial charge in [-0.25, -0.2) is 9.18 Å². The van der Waals surface area contributed by atoms with Gasteiger partial charge in [-0.3, -0.25) is 0 Å². The molecule has 0 aliphatic carbocycles. The van der Waals surface area contributed by atoms with Crippen LogP contribution in [-0.4, -0.2) is 11.8 Å². The van der Waals surface area contributed by atoms with E-state index >= 15 is 0 Å². The monoisotopic (exact) mass is 272 g/mol. The highest BCUT2D eigenvalue weighted by Gasteiger charge is 2.12. The van der Waals surface area contributed by atoms with Gasteiger partial charge in [-0.15, -0.1) is 0 Å². The summed E-state index contributed by atoms with van der Waals surface area (Å²) in [6.07, 6.45) is 0. The minimum atomic E-state index is -0.890. The number of carbonyl (C=O) groups is 1. The smallest absolute Gasteiger partial charge is 0.368 e. The molecule has 2 aromatic rings. The highest BCUT2D eigenvalue weighted by molar-refractivity contribution is 5.98. The molecule has 4 nitrogen and oxygen atoms in total. The summed E-state index contributed by atoms with van der Waals surface area (Å²) in [5.74, 6) is -1.50. The quantitative estimate of drug-likeness (QED) is 0.404. The van der Waals surface area contributed by atoms with E-state index < -0.39 is 11.8 Å². The summed E-state index contributed by atoms with van der Waals surface area (Å²) in [5.41, 5.74) is 7.15. The van der Waals surface area contributed by atoms with E-state index in [4.69, 9.17) is 5.73 Å². The maximum absolute atomic E-state index is 13.4. The number of rotatable bonds is 3. The molecule has 0 heterocycles. The Labute approximate surface area is 115 Å². The van der Waals surface area contributed by atoms with Crippen LogP contribution in [0.15, 0.2) is 53.7 Å². The molecule has 0 saturated heterocycles. The van der Waals surface area contributed by atoms with Crippen LogP contribution in [0.2, 0.25) is 0 Å². The molecule has 102 valence electrons. The zero-order valence-corrected chi connectivity index (χ0v) is 10.8. The van der Waals surface area contributed by atoms with Crippen LogP contribution < -0.4 is 5.73 Å². The molecule has 0 aliphatic rings. The fraction of sp³-hybridized carbons (Fsp3) is 0.0667. The SMILES string of the molecule is Cc1cccc(/C(N)=N/OC(=O)c2ccccc2F)c1. The Morgan fingerprint density at radius 3 is 2.65 bits per heavy atom. The number of amidine groups is 1. The summed E-state index contributed by atoms with van der Waals surface area (Å²) in [5, 5.41) is 3.53. The van der Waals surface area contributed by atoms with E-state index in [0.717, 1.165) is 5.56 Å². The van der Waals surface area contributed by atoms with Crippen LogP contribution in [0.5, 0.6) is 0 Å². The van der Waals surface area contributed by atoms with Crippen molar-refractivity contribution in [2.45, 2.75) is 6.92 Å². The van der Waals surface area contributed by atoms with Crippen molar-refractivity contribution in [1.29, 1.82) is 0 Å². The van der Waals surface area contributed by atoms with Crippen molar-refractivity contribution in [3.05, 3.63) is 71.0 Å². The lowest BCUT2D eigenvalue weighted by Crippen LogP contribution is -2.15. The Morgan fingerprint density at radius 2 is 1.95 bits per heavy atom. The molecular weight excluding hydrogens is 259 g/mol. The third kappa shape index (κ3) is 3.20. The van der Waals surface area contributed by atoms with Crippen LogP contribution in [0.4, 0.5) is 4.39 Å². The second-order valence-electron chi connectivity index (χ2n) is 4.20. The van der Waals surface area contributed by atoms with E-state index in [1.54, 1.807) is 12.1 Å². The standard InChI is InChI=1S/C15H13FN2O2/c1-10-5-4-6-11(9-10)14(17)18-20-15(19)12-7-2-3-8-13(12)16/h2-9H,1H3,(H2,17,18). The molecule has 0 unspecified atom stereocenters. The highest BCUT2D eigenvalue weighted by atomic mass is 19.1. The normalized spacial score (nSPS) is 11.2. The summed E-state index contributed by atoms with van der Waals surface area (Å²) in [6, 6.07) is 12.8. The van der Waals surface area contributed by atoms with Gasteiger partial charge in [0.05, 0.1) is 5.56 Å². The molecule has 2 rings (SSSR count). The van der Waals surface area contributed by atoms with Crippen molar-refractivity contribution in [2.75, 3.05) is 0 Å². The third-order valence-corrected chi connectivity index (χ3v) is 2.63. The van der Waals surface area contributed by atoms with Crippen LogP contribution >= 0.6 is 0 Å². The van der Waals surface area contributed by atoms with Crippen molar-refractivity contribution >= 4 is 11.8 Å². The largest absolute Gasteiger partial charge is 0.380 e. The van der Waals surface area contributed by atoms with Crippen LogP contribution in [0.1, 0.15) is 21.5 Å². The van der Waals surface area contributed by atoms with Crippen LogP contribution in [0.3, 0.4) is 0 Å². The molecule has 0 fully saturated rings. The van der Waals surface area contributed by atoms with Gasteiger partial charge >= 0.3 is 5.97 Å². The number of nitrogens with two attached hydrogens (primary N) is 1. The van der Waals surface area contributed by atoms with Gasteiger partial charge in [0.1, 0.15) is 5.82 Å². The van der Waals surface area contributed by atoms with E-state index in [0.29, 0.717) is 5.56 Å². The molecule has 0 bridgehead atoms. The van der Waals surface area contributed by atoms with Crippen LogP contribution in [-0.2, 0) is 4.84 Å². The van der Waals surface area contributed by atoms with Gasteiger partial charge in [-0.1, -0.05) is 41.1 Å². The van der Waals surface area contributed by atoms with E-state index in [9.17, 15) is 9.18 Å². The first-order chi connectivity index (χ1) is 9.58. The Balaban J connectivity index is 2.13. The minimum absolute atomic E-state index is 0.0541. The molecule has 0 amide bonds. The second kappa shape index (κ2) is 5.97. The molecule has 2 N–H and O–H groups in total. The van der Waals surface area contributed by atoms with E-state index in [1.807, 2.05) is 19.1 Å². The maximum Gasteiger partial charge on any atom is 0.368 e. The predicted octanol–water partition coefficient (Wildman–Crippen LogP) is 2.61. The summed E-state index contributed by atoms with van der Waals surface area (Å²) >= 11 is 0. The molecule has 20 heavy (non-hydrogen) atoms. The Kier molecular flexibility index (Phi) is 4.10. The van der Waals surface area contributed by atoms with Gasteiger partial charge in [0, 0.05) is 5.56 Å². The molecular formula is C15H13FN2O2. The number of carbonyl (C=O) groups excluding carboxylic acids is 1. The zero-order chi connectivity index (χ0) is 14.5. The summed E-state index contributed by atoms with van der Waals surface area (Å²) in [6.45, 7) is 1.90. The Bertz CT molecular complexity index is 668. The lowest BCUT2D eigenvalue weighted by atomic mass is 10.1. The van der Waals surface area contributed by atoms with E-state index in [2.05, 4.69) is 9.99 Å². The highest BCUT2D eigenvalue weighted by Crippen LogP contribution is 2.09. The molecule has 0 spiro atoms. The predicted molar refractivity (Wildman–Crippen MR) is 73.7 cm³/mol. The van der Waals surface area contributed by atoms with Crippen LogP contribution in [0, 0.1) is 12.7 Å². The molecule has 0 atom stereocenters. The zero-order valence-electron chi connectivity index (χ0n) is 10.8. The number of benzene rings is 2. The molecule has 0 saturated carbocycles. The van der Waals surface area contributed by atoms with Crippen molar-refractivity contribution in [1.82, 2.24) is 0 Å². The molecule has 0 aromatic heterocycles. The number of halogens is 1. The topological polar surface area (TPSA) is 64.7 Å². The van der Waals surface area contributed by atoms with E-state index in [1.165, 1.54) is 24.3 Å². The fourth-order valence-electron chi connectivity index (χ4n) is 1.62. The van der Waals surface area contributed by atoms with Gasteiger partial charge in [0.25, 0.3) is 0 Å². The lowest BCUT2D eigenvalue weighted by Gasteiger charge is -2.02. The fourth-order valence-corrected chi connectivity index (χ4v) is 1.62.